The lowest BCUT2D eigenvalue weighted by Crippen LogP contribution is -2.37. The molecular weight excluding hydrogens is 930 g/mol. The van der Waals surface area contributed by atoms with Gasteiger partial charge in [-0.2, -0.15) is 0 Å². The minimum atomic E-state index is -4.65. The minimum absolute atomic E-state index is 0.0433. The van der Waals surface area contributed by atoms with Crippen LogP contribution < -0.4 is 4.89 Å². The summed E-state index contributed by atoms with van der Waals surface area (Å²) >= 11 is 0. The fourth-order valence-corrected chi connectivity index (χ4v) is 8.58. The molecule has 0 amide bonds. The van der Waals surface area contributed by atoms with E-state index < -0.39 is 32.5 Å². The monoisotopic (exact) mass is 1040 g/mol. The maximum Gasteiger partial charge on any atom is 0.306 e. The van der Waals surface area contributed by atoms with E-state index in [1.54, 1.807) is 0 Å². The number of unbranched alkanes of at least 4 members (excludes halogenated alkanes) is 23. The summed E-state index contributed by atoms with van der Waals surface area (Å²) in [6.45, 7) is 4.09. The predicted molar refractivity (Wildman–Crippen MR) is 309 cm³/mol. The van der Waals surface area contributed by atoms with Gasteiger partial charge in [0.2, 0.25) is 0 Å². The van der Waals surface area contributed by atoms with Crippen LogP contribution in [0.4, 0.5) is 0 Å². The number of rotatable bonds is 53. The molecule has 0 heterocycles. The number of quaternary nitrogens is 1. The molecule has 0 N–H and O–H groups in total. The van der Waals surface area contributed by atoms with E-state index in [4.69, 9.17) is 18.5 Å². The average molecular weight is 1040 g/mol. The largest absolute Gasteiger partial charge is 0.756 e. The standard InChI is InChI=1S/C63H110NO8P/c1-6-8-10-12-14-16-18-20-22-24-26-28-30-31-32-33-34-36-38-40-42-44-46-48-50-52-54-56-63(66)72-61(60-71-73(67,68)70-58-57-64(3,4)5)59-69-62(65)55-53-51-49-47-45-43-41-39-37-35-29-27-25-23-21-19-17-15-13-11-9-7-2/h8,10,14,16,20,22,26,28,31-32,34,36,40,42,46,48,61H,6-7,9,11-13,15,17-19,21,23-25,27,29-30,33,35,37-39,41,43-45,47,49-60H2,1-5H3/b10-8-,16-14-,22-20-,28-26-,32-31-,36-34-,42-40-,48-46-. The summed E-state index contributed by atoms with van der Waals surface area (Å²) in [5.74, 6) is -0.883. The van der Waals surface area contributed by atoms with Crippen molar-refractivity contribution in [3.8, 4) is 0 Å². The van der Waals surface area contributed by atoms with Crippen molar-refractivity contribution in [2.75, 3.05) is 47.5 Å². The first-order valence-corrected chi connectivity index (χ1v) is 30.9. The molecule has 2 atom stereocenters. The van der Waals surface area contributed by atoms with Crippen molar-refractivity contribution in [1.29, 1.82) is 0 Å². The van der Waals surface area contributed by atoms with Crippen LogP contribution in [0.2, 0.25) is 0 Å². The van der Waals surface area contributed by atoms with Crippen LogP contribution in [0.3, 0.4) is 0 Å². The number of esters is 2. The van der Waals surface area contributed by atoms with Crippen LogP contribution in [-0.4, -0.2) is 70.0 Å². The number of hydrogen-bond acceptors (Lipinski definition) is 8. The molecule has 0 aromatic heterocycles. The van der Waals surface area contributed by atoms with Gasteiger partial charge in [0.05, 0.1) is 27.7 Å². The van der Waals surface area contributed by atoms with Gasteiger partial charge in [-0.1, -0.05) is 246 Å². The van der Waals surface area contributed by atoms with Crippen LogP contribution in [0.15, 0.2) is 97.2 Å². The molecule has 0 fully saturated rings. The number of ether oxygens (including phenoxy) is 2. The van der Waals surface area contributed by atoms with Gasteiger partial charge >= 0.3 is 11.9 Å². The van der Waals surface area contributed by atoms with Crippen LogP contribution in [0, 0.1) is 0 Å². The first-order chi connectivity index (χ1) is 35.5. The summed E-state index contributed by atoms with van der Waals surface area (Å²) in [4.78, 5) is 37.9. The van der Waals surface area contributed by atoms with Gasteiger partial charge in [0.15, 0.2) is 6.10 Å². The molecule has 73 heavy (non-hydrogen) atoms. The smallest absolute Gasteiger partial charge is 0.306 e. The molecule has 0 aromatic rings. The highest BCUT2D eigenvalue weighted by Crippen LogP contribution is 2.38. The van der Waals surface area contributed by atoms with E-state index >= 15 is 0 Å². The lowest BCUT2D eigenvalue weighted by Gasteiger charge is -2.28. The van der Waals surface area contributed by atoms with E-state index in [2.05, 4.69) is 111 Å². The van der Waals surface area contributed by atoms with Crippen molar-refractivity contribution in [3.63, 3.8) is 0 Å². The Kier molecular flexibility index (Phi) is 51.5. The average Bonchev–Trinajstić information content (AvgIpc) is 3.35. The van der Waals surface area contributed by atoms with Crippen LogP contribution >= 0.6 is 7.82 Å². The third-order valence-corrected chi connectivity index (χ3v) is 13.3. The van der Waals surface area contributed by atoms with Gasteiger partial charge in [-0.3, -0.25) is 14.2 Å². The van der Waals surface area contributed by atoms with Gasteiger partial charge in [0, 0.05) is 12.8 Å². The molecule has 0 bridgehead atoms. The highest BCUT2D eigenvalue weighted by molar-refractivity contribution is 7.45. The number of carbonyl (C=O) groups excluding carboxylic acids is 2. The Labute approximate surface area is 449 Å². The van der Waals surface area contributed by atoms with Gasteiger partial charge in [-0.25, -0.2) is 0 Å². The van der Waals surface area contributed by atoms with Crippen LogP contribution in [0.25, 0.3) is 0 Å². The fraction of sp³-hybridized carbons (Fsp3) is 0.714. The lowest BCUT2D eigenvalue weighted by atomic mass is 10.0. The van der Waals surface area contributed by atoms with E-state index in [9.17, 15) is 19.0 Å². The summed E-state index contributed by atoms with van der Waals surface area (Å²) in [6, 6.07) is 0. The number of likely N-dealkylation sites (N-methyl/N-ethyl adjacent to an activating group) is 1. The summed E-state index contributed by atoms with van der Waals surface area (Å²) in [5, 5.41) is 0. The molecule has 0 radical (unpaired) electrons. The van der Waals surface area contributed by atoms with Gasteiger partial charge < -0.3 is 27.9 Å². The van der Waals surface area contributed by atoms with Crippen LogP contribution in [0.5, 0.6) is 0 Å². The Bertz CT molecular complexity index is 1550. The molecule has 9 nitrogen and oxygen atoms in total. The molecule has 0 aliphatic heterocycles. The number of phosphoric ester groups is 1. The quantitative estimate of drug-likeness (QED) is 0.0195. The molecule has 0 rings (SSSR count). The molecule has 0 saturated carbocycles. The van der Waals surface area contributed by atoms with E-state index in [-0.39, 0.29) is 26.1 Å². The van der Waals surface area contributed by atoms with Crippen molar-refractivity contribution in [2.24, 2.45) is 0 Å². The van der Waals surface area contributed by atoms with E-state index in [0.717, 1.165) is 83.5 Å². The molecule has 2 unspecified atom stereocenters. The summed E-state index contributed by atoms with van der Waals surface area (Å²) in [7, 11) is 1.13. The van der Waals surface area contributed by atoms with Gasteiger partial charge in [-0.15, -0.1) is 0 Å². The van der Waals surface area contributed by atoms with Gasteiger partial charge in [0.25, 0.3) is 7.82 Å². The minimum Gasteiger partial charge on any atom is -0.756 e. The Balaban J connectivity index is 4.27. The normalized spacial score (nSPS) is 14.0. The van der Waals surface area contributed by atoms with Crippen LogP contribution in [0.1, 0.15) is 239 Å². The van der Waals surface area contributed by atoms with Crippen molar-refractivity contribution < 1.29 is 42.1 Å². The predicted octanol–water partition coefficient (Wildman–Crippen LogP) is 17.8. The first kappa shape index (κ1) is 69.9. The highest BCUT2D eigenvalue weighted by Gasteiger charge is 2.21. The SMILES string of the molecule is CC/C=C\C/C=C\C/C=C\C/C=C\C/C=C\C/C=C\C/C=C\C/C=C\CCCCC(=O)OC(COC(=O)CCCCCCCCCCCCCCCCCCCCCCCC)COP(=O)([O-])OCC[N+](C)(C)C. The van der Waals surface area contributed by atoms with Gasteiger partial charge in [-0.05, 0) is 77.0 Å². The lowest BCUT2D eigenvalue weighted by molar-refractivity contribution is -0.870. The molecule has 420 valence electrons. The van der Waals surface area contributed by atoms with Crippen molar-refractivity contribution in [2.45, 2.75) is 245 Å². The van der Waals surface area contributed by atoms with Gasteiger partial charge in [0.1, 0.15) is 19.8 Å². The second-order valence-corrected chi connectivity index (χ2v) is 22.0. The summed E-state index contributed by atoms with van der Waals surface area (Å²) in [6.07, 6.45) is 73.2. The molecule has 0 aromatic carbocycles. The van der Waals surface area contributed by atoms with E-state index in [1.165, 1.54) is 122 Å². The summed E-state index contributed by atoms with van der Waals surface area (Å²) in [5.41, 5.74) is 0. The Morgan fingerprint density at radius 1 is 0.438 bits per heavy atom. The van der Waals surface area contributed by atoms with Crippen molar-refractivity contribution in [1.82, 2.24) is 0 Å². The van der Waals surface area contributed by atoms with Crippen LogP contribution in [-0.2, 0) is 32.7 Å². The van der Waals surface area contributed by atoms with Crippen molar-refractivity contribution >= 4 is 19.8 Å². The third-order valence-electron chi connectivity index (χ3n) is 12.4. The topological polar surface area (TPSA) is 111 Å². The molecule has 0 saturated heterocycles. The molecular formula is C63H110NO8P. The molecule has 0 spiro atoms. The molecule has 0 aliphatic carbocycles. The third kappa shape index (κ3) is 58.1. The zero-order valence-electron chi connectivity index (χ0n) is 47.6. The fourth-order valence-electron chi connectivity index (χ4n) is 7.85. The molecule has 0 aliphatic rings. The Morgan fingerprint density at radius 2 is 0.781 bits per heavy atom. The Morgan fingerprint density at radius 3 is 1.16 bits per heavy atom. The van der Waals surface area contributed by atoms with Crippen molar-refractivity contribution in [3.05, 3.63) is 97.2 Å². The number of phosphoric acid groups is 1. The molecule has 10 heteroatoms. The zero-order chi connectivity index (χ0) is 53.5. The second kappa shape index (κ2) is 53.7. The number of carbonyl (C=O) groups is 2. The number of hydrogen-bond donors (Lipinski definition) is 0. The highest BCUT2D eigenvalue weighted by atomic mass is 31.2. The maximum absolute atomic E-state index is 12.8. The maximum atomic E-state index is 12.8. The van der Waals surface area contributed by atoms with E-state index in [1.807, 2.05) is 21.1 Å². The second-order valence-electron chi connectivity index (χ2n) is 20.6. The Hall–Kier alpha value is -3.07. The zero-order valence-corrected chi connectivity index (χ0v) is 48.4. The number of allylic oxidation sites excluding steroid dienone is 16. The first-order valence-electron chi connectivity index (χ1n) is 29.4. The summed E-state index contributed by atoms with van der Waals surface area (Å²) < 4.78 is 34.1. The van der Waals surface area contributed by atoms with E-state index in [0.29, 0.717) is 17.4 Å². The number of nitrogens with zero attached hydrogens (tertiary/aromatic N) is 1.